The highest BCUT2D eigenvalue weighted by Crippen LogP contribution is 2.18. The van der Waals surface area contributed by atoms with Crippen LogP contribution in [0, 0.1) is 0 Å². The van der Waals surface area contributed by atoms with Gasteiger partial charge in [-0.05, 0) is 23.6 Å². The van der Waals surface area contributed by atoms with Gasteiger partial charge in [-0.2, -0.15) is 0 Å². The third kappa shape index (κ3) is 3.20. The lowest BCUT2D eigenvalue weighted by Crippen LogP contribution is -2.28. The van der Waals surface area contributed by atoms with Crippen LogP contribution in [0.2, 0.25) is 0 Å². The van der Waals surface area contributed by atoms with E-state index in [-0.39, 0.29) is 5.91 Å². The van der Waals surface area contributed by atoms with Gasteiger partial charge in [0, 0.05) is 5.69 Å². The lowest BCUT2D eigenvalue weighted by molar-refractivity contribution is -0.117. The molecular weight excluding hydrogens is 236 g/mol. The number of carbonyl (C=O) groups is 1. The Bertz CT molecular complexity index is 552. The molecule has 0 saturated heterocycles. The number of amides is 1. The summed E-state index contributed by atoms with van der Waals surface area (Å²) in [7, 11) is 0. The van der Waals surface area contributed by atoms with E-state index in [9.17, 15) is 4.79 Å². The van der Waals surface area contributed by atoms with E-state index in [2.05, 4.69) is 12.2 Å². The molecule has 2 aromatic carbocycles. The summed E-state index contributed by atoms with van der Waals surface area (Å²) in [6, 6.07) is 16.5. The van der Waals surface area contributed by atoms with E-state index >= 15 is 0 Å². The van der Waals surface area contributed by atoms with Crippen molar-refractivity contribution in [2.75, 3.05) is 5.32 Å². The molecule has 0 aliphatic carbocycles. The van der Waals surface area contributed by atoms with Gasteiger partial charge < -0.3 is 11.1 Å². The topological polar surface area (TPSA) is 55.1 Å². The predicted octanol–water partition coefficient (Wildman–Crippen LogP) is 2.89. The maximum atomic E-state index is 12.1. The fourth-order valence-corrected chi connectivity index (χ4v) is 1.97. The standard InChI is InChI=1S/C16H18N2O/c1-2-12-8-6-7-11-14(12)18-16(19)15(17)13-9-4-3-5-10-13/h3-11,15H,2,17H2,1H3,(H,18,19). The van der Waals surface area contributed by atoms with Crippen LogP contribution < -0.4 is 11.1 Å². The van der Waals surface area contributed by atoms with Gasteiger partial charge in [0.15, 0.2) is 0 Å². The molecule has 3 N–H and O–H groups in total. The number of aryl methyl sites for hydroxylation is 1. The summed E-state index contributed by atoms with van der Waals surface area (Å²) in [5.41, 5.74) is 8.72. The van der Waals surface area contributed by atoms with Gasteiger partial charge in [-0.3, -0.25) is 4.79 Å². The Kier molecular flexibility index (Phi) is 4.31. The number of hydrogen-bond donors (Lipinski definition) is 2. The summed E-state index contributed by atoms with van der Waals surface area (Å²) < 4.78 is 0. The van der Waals surface area contributed by atoms with Gasteiger partial charge in [-0.25, -0.2) is 0 Å². The Morgan fingerprint density at radius 1 is 1.11 bits per heavy atom. The van der Waals surface area contributed by atoms with E-state index in [0.717, 1.165) is 23.2 Å². The number of hydrogen-bond acceptors (Lipinski definition) is 2. The lowest BCUT2D eigenvalue weighted by atomic mass is 10.1. The molecule has 1 amide bonds. The number of rotatable bonds is 4. The molecule has 0 aliphatic heterocycles. The van der Waals surface area contributed by atoms with Crippen molar-refractivity contribution < 1.29 is 4.79 Å². The average Bonchev–Trinajstić information content (AvgIpc) is 2.48. The minimum Gasteiger partial charge on any atom is -0.324 e. The summed E-state index contributed by atoms with van der Waals surface area (Å²) in [5, 5.41) is 2.90. The van der Waals surface area contributed by atoms with Crippen molar-refractivity contribution in [3.05, 3.63) is 65.7 Å². The molecular formula is C16H18N2O. The van der Waals surface area contributed by atoms with Gasteiger partial charge in [-0.15, -0.1) is 0 Å². The molecule has 98 valence electrons. The summed E-state index contributed by atoms with van der Waals surface area (Å²) in [4.78, 5) is 12.1. The van der Waals surface area contributed by atoms with Crippen molar-refractivity contribution in [2.24, 2.45) is 5.73 Å². The van der Waals surface area contributed by atoms with Gasteiger partial charge in [0.2, 0.25) is 5.91 Å². The van der Waals surface area contributed by atoms with Crippen molar-refractivity contribution in [3.8, 4) is 0 Å². The van der Waals surface area contributed by atoms with Gasteiger partial charge in [0.05, 0.1) is 0 Å². The van der Waals surface area contributed by atoms with E-state index in [0.29, 0.717) is 0 Å². The quantitative estimate of drug-likeness (QED) is 0.881. The number of carbonyl (C=O) groups excluding carboxylic acids is 1. The van der Waals surface area contributed by atoms with Crippen LogP contribution in [0.5, 0.6) is 0 Å². The Morgan fingerprint density at radius 2 is 1.74 bits per heavy atom. The van der Waals surface area contributed by atoms with Crippen molar-refractivity contribution in [2.45, 2.75) is 19.4 Å². The Morgan fingerprint density at radius 3 is 2.42 bits per heavy atom. The van der Waals surface area contributed by atoms with E-state index < -0.39 is 6.04 Å². The molecule has 0 aliphatic rings. The Labute approximate surface area is 113 Å². The molecule has 2 rings (SSSR count). The Hall–Kier alpha value is -2.13. The maximum absolute atomic E-state index is 12.1. The van der Waals surface area contributed by atoms with Crippen LogP contribution in [-0.4, -0.2) is 5.91 Å². The number of nitrogens with one attached hydrogen (secondary N) is 1. The first-order chi connectivity index (χ1) is 9.22. The van der Waals surface area contributed by atoms with Crippen LogP contribution >= 0.6 is 0 Å². The Balaban J connectivity index is 2.13. The van der Waals surface area contributed by atoms with E-state index in [4.69, 9.17) is 5.73 Å². The first-order valence-corrected chi connectivity index (χ1v) is 6.41. The molecule has 1 atom stereocenters. The number of anilines is 1. The zero-order valence-electron chi connectivity index (χ0n) is 11.0. The number of nitrogens with two attached hydrogens (primary N) is 1. The minimum absolute atomic E-state index is 0.188. The monoisotopic (exact) mass is 254 g/mol. The van der Waals surface area contributed by atoms with Crippen LogP contribution in [0.25, 0.3) is 0 Å². The third-order valence-electron chi connectivity index (χ3n) is 3.10. The second-order valence-corrected chi connectivity index (χ2v) is 4.39. The molecule has 2 aromatic rings. The molecule has 1 unspecified atom stereocenters. The third-order valence-corrected chi connectivity index (χ3v) is 3.10. The fraction of sp³-hybridized carbons (Fsp3) is 0.188. The fourth-order valence-electron chi connectivity index (χ4n) is 1.97. The van der Waals surface area contributed by atoms with Crippen molar-refractivity contribution in [1.82, 2.24) is 0 Å². The molecule has 0 aromatic heterocycles. The molecule has 0 fully saturated rings. The van der Waals surface area contributed by atoms with Gasteiger partial charge in [-0.1, -0.05) is 55.5 Å². The van der Waals surface area contributed by atoms with Crippen LogP contribution in [-0.2, 0) is 11.2 Å². The van der Waals surface area contributed by atoms with Crippen LogP contribution in [0.15, 0.2) is 54.6 Å². The molecule has 0 radical (unpaired) electrons. The molecule has 0 spiro atoms. The summed E-state index contributed by atoms with van der Waals surface area (Å²) in [6.45, 7) is 2.06. The normalized spacial score (nSPS) is 11.9. The number of benzene rings is 2. The first-order valence-electron chi connectivity index (χ1n) is 6.41. The molecule has 0 bridgehead atoms. The van der Waals surface area contributed by atoms with Gasteiger partial charge in [0.1, 0.15) is 6.04 Å². The van der Waals surface area contributed by atoms with E-state index in [1.54, 1.807) is 0 Å². The maximum Gasteiger partial charge on any atom is 0.245 e. The zero-order valence-corrected chi connectivity index (χ0v) is 11.0. The summed E-state index contributed by atoms with van der Waals surface area (Å²) in [5.74, 6) is -0.188. The molecule has 19 heavy (non-hydrogen) atoms. The average molecular weight is 254 g/mol. The highest BCUT2D eigenvalue weighted by molar-refractivity contribution is 5.96. The molecule has 3 nitrogen and oxygen atoms in total. The lowest BCUT2D eigenvalue weighted by Gasteiger charge is -2.14. The highest BCUT2D eigenvalue weighted by atomic mass is 16.2. The van der Waals surface area contributed by atoms with E-state index in [1.165, 1.54) is 0 Å². The minimum atomic E-state index is -0.647. The summed E-state index contributed by atoms with van der Waals surface area (Å²) in [6.07, 6.45) is 0.872. The number of para-hydroxylation sites is 1. The first kappa shape index (κ1) is 13.3. The van der Waals surface area contributed by atoms with Crippen LogP contribution in [0.3, 0.4) is 0 Å². The smallest absolute Gasteiger partial charge is 0.245 e. The van der Waals surface area contributed by atoms with Crippen molar-refractivity contribution >= 4 is 11.6 Å². The second kappa shape index (κ2) is 6.16. The van der Waals surface area contributed by atoms with Crippen molar-refractivity contribution in [1.29, 1.82) is 0 Å². The van der Waals surface area contributed by atoms with Crippen LogP contribution in [0.1, 0.15) is 24.1 Å². The summed E-state index contributed by atoms with van der Waals surface area (Å²) >= 11 is 0. The second-order valence-electron chi connectivity index (χ2n) is 4.39. The van der Waals surface area contributed by atoms with Gasteiger partial charge >= 0.3 is 0 Å². The van der Waals surface area contributed by atoms with E-state index in [1.807, 2.05) is 54.6 Å². The molecule has 3 heteroatoms. The largest absolute Gasteiger partial charge is 0.324 e. The molecule has 0 heterocycles. The van der Waals surface area contributed by atoms with Crippen LogP contribution in [0.4, 0.5) is 5.69 Å². The molecule has 0 saturated carbocycles. The van der Waals surface area contributed by atoms with Gasteiger partial charge in [0.25, 0.3) is 0 Å². The van der Waals surface area contributed by atoms with Crippen molar-refractivity contribution in [3.63, 3.8) is 0 Å². The zero-order chi connectivity index (χ0) is 13.7. The highest BCUT2D eigenvalue weighted by Gasteiger charge is 2.16. The predicted molar refractivity (Wildman–Crippen MR) is 77.8 cm³/mol. The SMILES string of the molecule is CCc1ccccc1NC(=O)C(N)c1ccccc1.